The van der Waals surface area contributed by atoms with Crippen molar-refractivity contribution in [1.82, 2.24) is 25.5 Å². The van der Waals surface area contributed by atoms with Crippen molar-refractivity contribution in [3.05, 3.63) is 53.6 Å². The van der Waals surface area contributed by atoms with Gasteiger partial charge in [0.1, 0.15) is 12.3 Å². The number of nitrogens with one attached hydrogen (secondary N) is 2. The van der Waals surface area contributed by atoms with Crippen LogP contribution >= 0.6 is 0 Å². The fraction of sp³-hybridized carbons (Fsp3) is 0.250. The maximum atomic E-state index is 12.1. The highest BCUT2D eigenvalue weighted by atomic mass is 16.5. The molecule has 0 bridgehead atoms. The van der Waals surface area contributed by atoms with Crippen molar-refractivity contribution < 1.29 is 14.3 Å². The van der Waals surface area contributed by atoms with Crippen LogP contribution in [0, 0.1) is 13.8 Å². The Morgan fingerprint density at radius 1 is 1.03 bits per heavy atom. The van der Waals surface area contributed by atoms with Gasteiger partial charge in [-0.05, 0) is 36.8 Å². The molecular weight excluding hydrogens is 372 g/mol. The predicted octanol–water partition coefficient (Wildman–Crippen LogP) is 1.72. The van der Waals surface area contributed by atoms with E-state index in [0.717, 1.165) is 16.7 Å². The molecule has 0 unspecified atom stereocenters. The van der Waals surface area contributed by atoms with Crippen LogP contribution in [-0.2, 0) is 16.1 Å². The summed E-state index contributed by atoms with van der Waals surface area (Å²) in [4.78, 5) is 25.4. The molecule has 0 spiro atoms. The molecule has 0 saturated heterocycles. The van der Waals surface area contributed by atoms with Crippen LogP contribution in [0.15, 0.2) is 42.5 Å². The summed E-state index contributed by atoms with van der Waals surface area (Å²) in [6, 6.07) is 13.1. The molecule has 3 aromatic rings. The summed E-state index contributed by atoms with van der Waals surface area (Å²) >= 11 is 0. The Hall–Kier alpha value is -3.75. The molecule has 9 heteroatoms. The van der Waals surface area contributed by atoms with Crippen LogP contribution < -0.4 is 15.4 Å². The van der Waals surface area contributed by atoms with Crippen molar-refractivity contribution in [2.45, 2.75) is 20.4 Å². The standard InChI is InChI=1S/C20H22N6O3/c1-13-4-7-15(8-5-13)20-23-25-26(24-20)12-19(28)21-11-18(27)22-16-10-14(2)6-9-17(16)29-3/h4-10H,11-12H2,1-3H3,(H,21,28)(H,22,27). The van der Waals surface area contributed by atoms with Crippen LogP contribution in [0.4, 0.5) is 5.69 Å². The first-order valence-electron chi connectivity index (χ1n) is 9.00. The molecule has 0 radical (unpaired) electrons. The van der Waals surface area contributed by atoms with Gasteiger partial charge in [-0.15, -0.1) is 10.2 Å². The molecule has 9 nitrogen and oxygen atoms in total. The lowest BCUT2D eigenvalue weighted by molar-refractivity contribution is -0.124. The molecule has 0 fully saturated rings. The lowest BCUT2D eigenvalue weighted by atomic mass is 10.1. The quantitative estimate of drug-likeness (QED) is 0.631. The Bertz CT molecular complexity index is 1010. The van der Waals surface area contributed by atoms with Crippen LogP contribution in [0.2, 0.25) is 0 Å². The molecule has 0 aliphatic rings. The van der Waals surface area contributed by atoms with Crippen LogP contribution in [0.5, 0.6) is 5.75 Å². The molecule has 1 aromatic heterocycles. The number of methoxy groups -OCH3 is 1. The second kappa shape index (κ2) is 8.96. The van der Waals surface area contributed by atoms with Gasteiger partial charge in [0.15, 0.2) is 0 Å². The van der Waals surface area contributed by atoms with Gasteiger partial charge < -0.3 is 15.4 Å². The number of anilines is 1. The number of carbonyl (C=O) groups is 2. The van der Waals surface area contributed by atoms with Gasteiger partial charge in [0.05, 0.1) is 19.3 Å². The first-order valence-corrected chi connectivity index (χ1v) is 9.00. The number of amides is 2. The maximum Gasteiger partial charge on any atom is 0.244 e. The number of ether oxygens (including phenoxy) is 1. The monoisotopic (exact) mass is 394 g/mol. The van der Waals surface area contributed by atoms with Crippen molar-refractivity contribution in [1.29, 1.82) is 0 Å². The zero-order valence-electron chi connectivity index (χ0n) is 16.5. The van der Waals surface area contributed by atoms with Gasteiger partial charge in [-0.3, -0.25) is 9.59 Å². The summed E-state index contributed by atoms with van der Waals surface area (Å²) < 4.78 is 5.22. The topological polar surface area (TPSA) is 111 Å². The Labute approximate surface area is 168 Å². The first-order chi connectivity index (χ1) is 13.9. The molecule has 0 saturated carbocycles. The SMILES string of the molecule is COc1ccc(C)cc1NC(=O)CNC(=O)Cn1nnc(-c2ccc(C)cc2)n1. The molecule has 29 heavy (non-hydrogen) atoms. The molecule has 150 valence electrons. The summed E-state index contributed by atoms with van der Waals surface area (Å²) in [6.45, 7) is 3.58. The molecule has 2 N–H and O–H groups in total. The third-order valence-electron chi connectivity index (χ3n) is 4.12. The predicted molar refractivity (Wildman–Crippen MR) is 107 cm³/mol. The number of hydrogen-bond acceptors (Lipinski definition) is 6. The van der Waals surface area contributed by atoms with Crippen molar-refractivity contribution >= 4 is 17.5 Å². The second-order valence-electron chi connectivity index (χ2n) is 6.54. The summed E-state index contributed by atoms with van der Waals surface area (Å²) in [6.07, 6.45) is 0. The van der Waals surface area contributed by atoms with Gasteiger partial charge in [0.2, 0.25) is 17.6 Å². The van der Waals surface area contributed by atoms with E-state index in [1.54, 1.807) is 12.1 Å². The molecular formula is C20H22N6O3. The van der Waals surface area contributed by atoms with E-state index in [4.69, 9.17) is 4.74 Å². The highest BCUT2D eigenvalue weighted by Crippen LogP contribution is 2.24. The van der Waals surface area contributed by atoms with E-state index in [2.05, 4.69) is 26.0 Å². The largest absolute Gasteiger partial charge is 0.495 e. The van der Waals surface area contributed by atoms with Crippen LogP contribution in [0.3, 0.4) is 0 Å². The summed E-state index contributed by atoms with van der Waals surface area (Å²) in [5, 5.41) is 17.3. The minimum absolute atomic E-state index is 0.139. The van der Waals surface area contributed by atoms with Crippen LogP contribution in [0.1, 0.15) is 11.1 Å². The fourth-order valence-corrected chi connectivity index (χ4v) is 2.61. The number of tetrazole rings is 1. The number of aromatic nitrogens is 4. The smallest absolute Gasteiger partial charge is 0.244 e. The van der Waals surface area contributed by atoms with E-state index in [0.29, 0.717) is 17.3 Å². The van der Waals surface area contributed by atoms with Crippen molar-refractivity contribution in [2.75, 3.05) is 19.0 Å². The molecule has 0 aliphatic carbocycles. The van der Waals surface area contributed by atoms with Crippen LogP contribution in [0.25, 0.3) is 11.4 Å². The maximum absolute atomic E-state index is 12.1. The Morgan fingerprint density at radius 2 is 1.76 bits per heavy atom. The fourth-order valence-electron chi connectivity index (χ4n) is 2.61. The third kappa shape index (κ3) is 5.38. The van der Waals surface area contributed by atoms with E-state index < -0.39 is 5.91 Å². The highest BCUT2D eigenvalue weighted by molar-refractivity contribution is 5.95. The molecule has 0 aliphatic heterocycles. The van der Waals surface area contributed by atoms with Gasteiger partial charge in [-0.2, -0.15) is 4.80 Å². The molecule has 3 rings (SSSR count). The van der Waals surface area contributed by atoms with E-state index in [9.17, 15) is 9.59 Å². The number of rotatable bonds is 7. The first kappa shape index (κ1) is 20.0. The number of hydrogen-bond donors (Lipinski definition) is 2. The van der Waals surface area contributed by atoms with Gasteiger partial charge in [-0.1, -0.05) is 35.9 Å². The minimum atomic E-state index is -0.399. The number of benzene rings is 2. The van der Waals surface area contributed by atoms with Crippen molar-refractivity contribution in [2.24, 2.45) is 0 Å². The van der Waals surface area contributed by atoms with E-state index in [-0.39, 0.29) is 19.0 Å². The lowest BCUT2D eigenvalue weighted by Crippen LogP contribution is -2.35. The van der Waals surface area contributed by atoms with Gasteiger partial charge in [0, 0.05) is 5.56 Å². The summed E-state index contributed by atoms with van der Waals surface area (Å²) in [5.74, 6) is 0.214. The normalized spacial score (nSPS) is 10.4. The number of carbonyl (C=O) groups excluding carboxylic acids is 2. The molecule has 2 aromatic carbocycles. The average Bonchev–Trinajstić information content (AvgIpc) is 3.15. The lowest BCUT2D eigenvalue weighted by Gasteiger charge is -2.11. The molecule has 1 heterocycles. The minimum Gasteiger partial charge on any atom is -0.495 e. The van der Waals surface area contributed by atoms with Gasteiger partial charge in [0.25, 0.3) is 0 Å². The zero-order valence-corrected chi connectivity index (χ0v) is 16.5. The number of aryl methyl sites for hydroxylation is 2. The van der Waals surface area contributed by atoms with Gasteiger partial charge >= 0.3 is 0 Å². The molecule has 2 amide bonds. The third-order valence-corrected chi connectivity index (χ3v) is 4.12. The number of nitrogens with zero attached hydrogens (tertiary/aromatic N) is 4. The highest BCUT2D eigenvalue weighted by Gasteiger charge is 2.12. The Morgan fingerprint density at radius 3 is 2.48 bits per heavy atom. The average molecular weight is 394 g/mol. The molecule has 0 atom stereocenters. The van der Waals surface area contributed by atoms with E-state index in [1.807, 2.05) is 44.2 Å². The van der Waals surface area contributed by atoms with Crippen molar-refractivity contribution in [3.63, 3.8) is 0 Å². The Kier molecular flexibility index (Phi) is 6.18. The summed E-state index contributed by atoms with van der Waals surface area (Å²) in [5.41, 5.74) is 3.47. The van der Waals surface area contributed by atoms with E-state index in [1.165, 1.54) is 11.9 Å². The Balaban J connectivity index is 1.52. The van der Waals surface area contributed by atoms with Crippen molar-refractivity contribution in [3.8, 4) is 17.1 Å². The second-order valence-corrected chi connectivity index (χ2v) is 6.54. The van der Waals surface area contributed by atoms with Crippen LogP contribution in [-0.4, -0.2) is 45.7 Å². The zero-order chi connectivity index (χ0) is 20.8. The summed E-state index contributed by atoms with van der Waals surface area (Å²) in [7, 11) is 1.53. The van der Waals surface area contributed by atoms with E-state index >= 15 is 0 Å². The van der Waals surface area contributed by atoms with Gasteiger partial charge in [-0.25, -0.2) is 0 Å².